The molecule has 0 aliphatic carbocycles. The molecule has 0 aliphatic heterocycles. The monoisotopic (exact) mass is 265 g/mol. The van der Waals surface area contributed by atoms with Gasteiger partial charge in [0.2, 0.25) is 5.95 Å². The second-order valence-corrected chi connectivity index (χ2v) is 5.38. The Morgan fingerprint density at radius 3 is 2.60 bits per heavy atom. The van der Waals surface area contributed by atoms with E-state index in [0.717, 1.165) is 22.7 Å². The van der Waals surface area contributed by atoms with Crippen LogP contribution in [0.4, 0.5) is 11.6 Å². The number of anilines is 2. The second-order valence-electron chi connectivity index (χ2n) is 5.38. The Bertz CT molecular complexity index is 741. The zero-order valence-electron chi connectivity index (χ0n) is 12.1. The van der Waals surface area contributed by atoms with E-state index >= 15 is 0 Å². The molecule has 3 nitrogen and oxygen atoms in total. The molecule has 20 heavy (non-hydrogen) atoms. The zero-order chi connectivity index (χ0) is 14.1. The van der Waals surface area contributed by atoms with Crippen LogP contribution in [0.2, 0.25) is 0 Å². The van der Waals surface area contributed by atoms with Crippen molar-refractivity contribution < 1.29 is 0 Å². The highest BCUT2D eigenvalue weighted by Crippen LogP contribution is 2.26. The SMILES string of the molecule is Cc1cccc(Nc2nc3ccccc3n2C(C)C)c1. The number of hydrogen-bond acceptors (Lipinski definition) is 2. The number of benzene rings is 2. The molecule has 0 atom stereocenters. The van der Waals surface area contributed by atoms with E-state index in [2.05, 4.69) is 73.1 Å². The van der Waals surface area contributed by atoms with Crippen LogP contribution in [0.25, 0.3) is 11.0 Å². The van der Waals surface area contributed by atoms with Crippen molar-refractivity contribution in [1.29, 1.82) is 0 Å². The van der Waals surface area contributed by atoms with Crippen molar-refractivity contribution in [2.24, 2.45) is 0 Å². The van der Waals surface area contributed by atoms with Gasteiger partial charge in [0.05, 0.1) is 11.0 Å². The maximum Gasteiger partial charge on any atom is 0.208 e. The minimum Gasteiger partial charge on any atom is -0.326 e. The van der Waals surface area contributed by atoms with Crippen molar-refractivity contribution in [2.45, 2.75) is 26.8 Å². The van der Waals surface area contributed by atoms with Crippen LogP contribution in [0.5, 0.6) is 0 Å². The number of para-hydroxylation sites is 2. The largest absolute Gasteiger partial charge is 0.326 e. The van der Waals surface area contributed by atoms with Gasteiger partial charge in [-0.15, -0.1) is 0 Å². The number of aromatic nitrogens is 2. The van der Waals surface area contributed by atoms with Gasteiger partial charge < -0.3 is 9.88 Å². The summed E-state index contributed by atoms with van der Waals surface area (Å²) in [6, 6.07) is 16.9. The highest BCUT2D eigenvalue weighted by Gasteiger charge is 2.12. The Balaban J connectivity index is 2.09. The van der Waals surface area contributed by atoms with E-state index < -0.39 is 0 Å². The first-order chi connectivity index (χ1) is 9.65. The van der Waals surface area contributed by atoms with Crippen molar-refractivity contribution in [3.8, 4) is 0 Å². The minimum atomic E-state index is 0.356. The molecule has 0 spiro atoms. The van der Waals surface area contributed by atoms with Gasteiger partial charge >= 0.3 is 0 Å². The zero-order valence-corrected chi connectivity index (χ0v) is 12.1. The van der Waals surface area contributed by atoms with Gasteiger partial charge in [-0.2, -0.15) is 0 Å². The smallest absolute Gasteiger partial charge is 0.208 e. The van der Waals surface area contributed by atoms with Gasteiger partial charge in [-0.3, -0.25) is 0 Å². The van der Waals surface area contributed by atoms with Gasteiger partial charge in [-0.25, -0.2) is 4.98 Å². The van der Waals surface area contributed by atoms with E-state index in [1.54, 1.807) is 0 Å². The van der Waals surface area contributed by atoms with E-state index in [4.69, 9.17) is 4.98 Å². The average Bonchev–Trinajstić information content (AvgIpc) is 2.76. The number of rotatable bonds is 3. The molecule has 3 rings (SSSR count). The molecule has 0 aliphatic rings. The Kier molecular flexibility index (Phi) is 3.18. The third-order valence-corrected chi connectivity index (χ3v) is 3.39. The first-order valence-corrected chi connectivity index (χ1v) is 6.96. The van der Waals surface area contributed by atoms with E-state index in [1.165, 1.54) is 5.56 Å². The predicted molar refractivity (Wildman–Crippen MR) is 84.6 cm³/mol. The normalized spacial score (nSPS) is 11.2. The highest BCUT2D eigenvalue weighted by atomic mass is 15.2. The molecule has 0 amide bonds. The van der Waals surface area contributed by atoms with Crippen LogP contribution in [0.3, 0.4) is 0 Å². The van der Waals surface area contributed by atoms with E-state index in [-0.39, 0.29) is 0 Å². The first kappa shape index (κ1) is 12.7. The van der Waals surface area contributed by atoms with Crippen LogP contribution >= 0.6 is 0 Å². The molecule has 1 aromatic heterocycles. The average molecular weight is 265 g/mol. The lowest BCUT2D eigenvalue weighted by Gasteiger charge is -2.14. The van der Waals surface area contributed by atoms with Gasteiger partial charge in [0.1, 0.15) is 0 Å². The summed E-state index contributed by atoms with van der Waals surface area (Å²) in [5.74, 6) is 0.895. The quantitative estimate of drug-likeness (QED) is 0.745. The Morgan fingerprint density at radius 2 is 1.85 bits per heavy atom. The maximum absolute atomic E-state index is 4.71. The van der Waals surface area contributed by atoms with Gasteiger partial charge in [-0.1, -0.05) is 24.3 Å². The van der Waals surface area contributed by atoms with Crippen molar-refractivity contribution in [3.63, 3.8) is 0 Å². The topological polar surface area (TPSA) is 29.9 Å². The summed E-state index contributed by atoms with van der Waals surface area (Å²) in [4.78, 5) is 4.71. The number of imidazole rings is 1. The van der Waals surface area contributed by atoms with Crippen molar-refractivity contribution in [1.82, 2.24) is 9.55 Å². The molecule has 0 saturated carbocycles. The molecule has 2 aromatic carbocycles. The van der Waals surface area contributed by atoms with Crippen LogP contribution in [-0.2, 0) is 0 Å². The summed E-state index contributed by atoms with van der Waals surface area (Å²) in [6.07, 6.45) is 0. The summed E-state index contributed by atoms with van der Waals surface area (Å²) >= 11 is 0. The lowest BCUT2D eigenvalue weighted by Crippen LogP contribution is -2.06. The molecule has 3 aromatic rings. The van der Waals surface area contributed by atoms with Gasteiger partial charge in [0, 0.05) is 11.7 Å². The van der Waals surface area contributed by atoms with Gasteiger partial charge in [0.25, 0.3) is 0 Å². The van der Waals surface area contributed by atoms with Crippen LogP contribution in [-0.4, -0.2) is 9.55 Å². The molecule has 102 valence electrons. The van der Waals surface area contributed by atoms with E-state index in [1.807, 2.05) is 6.07 Å². The lowest BCUT2D eigenvalue weighted by atomic mass is 10.2. The number of nitrogens with one attached hydrogen (secondary N) is 1. The second kappa shape index (κ2) is 5.00. The Hall–Kier alpha value is -2.29. The number of fused-ring (bicyclic) bond motifs is 1. The van der Waals surface area contributed by atoms with E-state index in [0.29, 0.717) is 6.04 Å². The summed E-state index contributed by atoms with van der Waals surface area (Å²) in [5.41, 5.74) is 4.50. The summed E-state index contributed by atoms with van der Waals surface area (Å²) in [7, 11) is 0. The molecule has 0 saturated heterocycles. The maximum atomic E-state index is 4.71. The van der Waals surface area contributed by atoms with E-state index in [9.17, 15) is 0 Å². The summed E-state index contributed by atoms with van der Waals surface area (Å²) in [6.45, 7) is 6.45. The van der Waals surface area contributed by atoms with Gasteiger partial charge in [-0.05, 0) is 50.6 Å². The fraction of sp³-hybridized carbons (Fsp3) is 0.235. The summed E-state index contributed by atoms with van der Waals surface area (Å²) in [5, 5.41) is 3.44. The lowest BCUT2D eigenvalue weighted by molar-refractivity contribution is 0.625. The fourth-order valence-corrected chi connectivity index (χ4v) is 2.51. The fourth-order valence-electron chi connectivity index (χ4n) is 2.51. The van der Waals surface area contributed by atoms with Crippen LogP contribution in [0.15, 0.2) is 48.5 Å². The molecule has 1 heterocycles. The Labute approximate surface area is 119 Å². The van der Waals surface area contributed by atoms with Crippen LogP contribution in [0, 0.1) is 6.92 Å². The molecule has 1 N–H and O–H groups in total. The highest BCUT2D eigenvalue weighted by molar-refractivity contribution is 5.79. The third kappa shape index (κ3) is 2.27. The molecular weight excluding hydrogens is 246 g/mol. The van der Waals surface area contributed by atoms with Crippen molar-refractivity contribution in [3.05, 3.63) is 54.1 Å². The van der Waals surface area contributed by atoms with Gasteiger partial charge in [0.15, 0.2) is 0 Å². The van der Waals surface area contributed by atoms with Crippen LogP contribution in [0.1, 0.15) is 25.5 Å². The number of hydrogen-bond donors (Lipinski definition) is 1. The molecule has 3 heteroatoms. The standard InChI is InChI=1S/C17H19N3/c1-12(2)20-16-10-5-4-9-15(16)19-17(20)18-14-8-6-7-13(3)11-14/h4-12H,1-3H3,(H,18,19). The molecule has 0 unspecified atom stereocenters. The molecule has 0 fully saturated rings. The predicted octanol–water partition coefficient (Wildman–Crippen LogP) is 4.67. The van der Waals surface area contributed by atoms with Crippen LogP contribution < -0.4 is 5.32 Å². The summed E-state index contributed by atoms with van der Waals surface area (Å²) < 4.78 is 2.23. The Morgan fingerprint density at radius 1 is 1.05 bits per heavy atom. The van der Waals surface area contributed by atoms with Crippen molar-refractivity contribution >= 4 is 22.7 Å². The minimum absolute atomic E-state index is 0.356. The molecule has 0 bridgehead atoms. The van der Waals surface area contributed by atoms with Crippen molar-refractivity contribution in [2.75, 3.05) is 5.32 Å². The number of aryl methyl sites for hydroxylation is 1. The molecule has 0 radical (unpaired) electrons. The number of nitrogens with zero attached hydrogens (tertiary/aromatic N) is 2. The first-order valence-electron chi connectivity index (χ1n) is 6.96. The third-order valence-electron chi connectivity index (χ3n) is 3.39. The molecular formula is C17H19N3.